The number of anilines is 1. The van der Waals surface area contributed by atoms with Crippen LogP contribution in [0.15, 0.2) is 41.1 Å². The molecule has 4 rings (SSSR count). The van der Waals surface area contributed by atoms with Crippen LogP contribution in [0.1, 0.15) is 48.4 Å². The molecule has 0 unspecified atom stereocenters. The number of hydrogen-bond donors (Lipinski definition) is 1. The van der Waals surface area contributed by atoms with Crippen molar-refractivity contribution >= 4 is 40.7 Å². The standard InChI is InChI=1S/C26H32N4O3S2/c1-17-6-8-19(9-7-17)30-25-22(24(28-30)26(2,3)4)23(18-10-13-34-15-18)35-16-21(32)29(25)14-20(31)27-11-12-33-5/h6-10,13,15,23H,11-12,14,16H2,1-5H3,(H,27,31)/t23-/m1/s1. The van der Waals surface area contributed by atoms with Crippen LogP contribution in [0.4, 0.5) is 5.82 Å². The van der Waals surface area contributed by atoms with E-state index in [0.29, 0.717) is 19.0 Å². The molecule has 7 nitrogen and oxygen atoms in total. The van der Waals surface area contributed by atoms with Crippen LogP contribution in [-0.2, 0) is 19.7 Å². The van der Waals surface area contributed by atoms with E-state index in [1.165, 1.54) is 0 Å². The van der Waals surface area contributed by atoms with E-state index in [9.17, 15) is 9.59 Å². The summed E-state index contributed by atoms with van der Waals surface area (Å²) in [6.45, 7) is 9.18. The number of rotatable bonds is 7. The minimum atomic E-state index is -0.269. The van der Waals surface area contributed by atoms with Crippen LogP contribution in [0, 0.1) is 6.92 Å². The first-order valence-corrected chi connectivity index (χ1v) is 13.6. The van der Waals surface area contributed by atoms with Crippen LogP contribution < -0.4 is 10.2 Å². The zero-order valence-electron chi connectivity index (χ0n) is 20.8. The maximum absolute atomic E-state index is 13.5. The second kappa shape index (κ2) is 10.6. The molecule has 1 aliphatic rings. The van der Waals surface area contributed by atoms with E-state index in [-0.39, 0.29) is 34.8 Å². The van der Waals surface area contributed by atoms with Crippen molar-refractivity contribution in [2.75, 3.05) is 37.5 Å². The topological polar surface area (TPSA) is 76.5 Å². The lowest BCUT2D eigenvalue weighted by atomic mass is 9.87. The molecule has 3 heterocycles. The first-order chi connectivity index (χ1) is 16.7. The Morgan fingerprint density at radius 2 is 1.97 bits per heavy atom. The van der Waals surface area contributed by atoms with Gasteiger partial charge in [0, 0.05) is 24.6 Å². The van der Waals surface area contributed by atoms with Gasteiger partial charge in [-0.3, -0.25) is 14.5 Å². The number of fused-ring (bicyclic) bond motifs is 1. The normalized spacial score (nSPS) is 16.2. The number of hydrogen-bond acceptors (Lipinski definition) is 6. The highest BCUT2D eigenvalue weighted by atomic mass is 32.2. The molecule has 3 aromatic rings. The number of amides is 2. The molecule has 1 atom stereocenters. The quantitative estimate of drug-likeness (QED) is 0.473. The Hall–Kier alpha value is -2.62. The number of aromatic nitrogens is 2. The molecule has 2 aromatic heterocycles. The Morgan fingerprint density at radius 1 is 1.23 bits per heavy atom. The highest BCUT2D eigenvalue weighted by Crippen LogP contribution is 2.48. The number of thiophene rings is 1. The van der Waals surface area contributed by atoms with Crippen LogP contribution in [0.3, 0.4) is 0 Å². The number of nitrogens with one attached hydrogen (secondary N) is 1. The van der Waals surface area contributed by atoms with Crippen molar-refractivity contribution in [1.82, 2.24) is 15.1 Å². The van der Waals surface area contributed by atoms with Crippen LogP contribution in [0.5, 0.6) is 0 Å². The van der Waals surface area contributed by atoms with Crippen molar-refractivity contribution in [2.45, 2.75) is 38.4 Å². The summed E-state index contributed by atoms with van der Waals surface area (Å²) in [5.74, 6) is 0.614. The monoisotopic (exact) mass is 512 g/mol. The van der Waals surface area contributed by atoms with Gasteiger partial charge in [-0.15, -0.1) is 11.8 Å². The Bertz CT molecular complexity index is 1180. The van der Waals surface area contributed by atoms with Crippen molar-refractivity contribution in [2.24, 2.45) is 0 Å². The molecule has 186 valence electrons. The third-order valence-corrected chi connectivity index (χ3v) is 7.81. The van der Waals surface area contributed by atoms with E-state index in [0.717, 1.165) is 28.1 Å². The fourth-order valence-electron chi connectivity index (χ4n) is 4.12. The molecule has 0 fully saturated rings. The van der Waals surface area contributed by atoms with Crippen LogP contribution in [0.2, 0.25) is 0 Å². The van der Waals surface area contributed by atoms with Gasteiger partial charge in [-0.2, -0.15) is 16.4 Å². The van der Waals surface area contributed by atoms with Gasteiger partial charge in [0.25, 0.3) is 0 Å². The molecule has 1 aromatic carbocycles. The maximum atomic E-state index is 13.5. The highest BCUT2D eigenvalue weighted by molar-refractivity contribution is 8.00. The summed E-state index contributed by atoms with van der Waals surface area (Å²) in [6.07, 6.45) is 0. The van der Waals surface area contributed by atoms with E-state index < -0.39 is 0 Å². The number of nitrogens with zero attached hydrogens (tertiary/aromatic N) is 3. The molecule has 0 bridgehead atoms. The number of aryl methyl sites for hydroxylation is 1. The second-order valence-electron chi connectivity index (χ2n) is 9.65. The first kappa shape index (κ1) is 25.5. The fourth-order valence-corrected chi connectivity index (χ4v) is 6.08. The van der Waals surface area contributed by atoms with Gasteiger partial charge in [0.15, 0.2) is 0 Å². The molecule has 9 heteroatoms. The van der Waals surface area contributed by atoms with E-state index in [1.54, 1.807) is 35.1 Å². The highest BCUT2D eigenvalue weighted by Gasteiger charge is 2.39. The molecule has 0 radical (unpaired) electrons. The number of carbonyl (C=O) groups excluding carboxylic acids is 2. The zero-order valence-corrected chi connectivity index (χ0v) is 22.5. The molecule has 1 N–H and O–H groups in total. The number of ether oxygens (including phenoxy) is 1. The molecule has 0 aliphatic carbocycles. The fraction of sp³-hybridized carbons (Fsp3) is 0.423. The summed E-state index contributed by atoms with van der Waals surface area (Å²) in [5.41, 5.74) is 4.80. The van der Waals surface area contributed by atoms with Gasteiger partial charge in [0.2, 0.25) is 11.8 Å². The summed E-state index contributed by atoms with van der Waals surface area (Å²) < 4.78 is 6.90. The summed E-state index contributed by atoms with van der Waals surface area (Å²) >= 11 is 3.24. The van der Waals surface area contributed by atoms with Gasteiger partial charge in [0.05, 0.1) is 29.0 Å². The Labute approximate surface area is 214 Å². The van der Waals surface area contributed by atoms with Gasteiger partial charge in [0.1, 0.15) is 12.4 Å². The lowest BCUT2D eigenvalue weighted by molar-refractivity contribution is -0.123. The largest absolute Gasteiger partial charge is 0.383 e. The smallest absolute Gasteiger partial charge is 0.240 e. The van der Waals surface area contributed by atoms with Crippen molar-refractivity contribution in [3.63, 3.8) is 0 Å². The first-order valence-electron chi connectivity index (χ1n) is 11.6. The lowest BCUT2D eigenvalue weighted by Gasteiger charge is -2.24. The third kappa shape index (κ3) is 5.47. The summed E-state index contributed by atoms with van der Waals surface area (Å²) in [7, 11) is 1.59. The zero-order chi connectivity index (χ0) is 25.2. The number of thioether (sulfide) groups is 1. The Morgan fingerprint density at radius 3 is 2.60 bits per heavy atom. The molecule has 0 saturated heterocycles. The molecular formula is C26H32N4O3S2. The molecule has 2 amide bonds. The van der Waals surface area contributed by atoms with Gasteiger partial charge in [-0.25, -0.2) is 4.68 Å². The summed E-state index contributed by atoms with van der Waals surface area (Å²) in [4.78, 5) is 28.0. The van der Waals surface area contributed by atoms with E-state index >= 15 is 0 Å². The predicted molar refractivity (Wildman–Crippen MR) is 143 cm³/mol. The second-order valence-corrected chi connectivity index (χ2v) is 11.5. The maximum Gasteiger partial charge on any atom is 0.240 e. The summed E-state index contributed by atoms with van der Waals surface area (Å²) in [5, 5.41) is 12.1. The van der Waals surface area contributed by atoms with Crippen molar-refractivity contribution in [3.8, 4) is 5.69 Å². The number of methoxy groups -OCH3 is 1. The van der Waals surface area contributed by atoms with E-state index in [4.69, 9.17) is 9.84 Å². The van der Waals surface area contributed by atoms with Crippen LogP contribution >= 0.6 is 23.1 Å². The summed E-state index contributed by atoms with van der Waals surface area (Å²) in [6, 6.07) is 10.2. The van der Waals surface area contributed by atoms with Crippen molar-refractivity contribution in [1.29, 1.82) is 0 Å². The molecular weight excluding hydrogens is 480 g/mol. The lowest BCUT2D eigenvalue weighted by Crippen LogP contribution is -2.43. The Kier molecular flexibility index (Phi) is 7.68. The Balaban J connectivity index is 1.92. The third-order valence-electron chi connectivity index (χ3n) is 5.85. The number of carbonyl (C=O) groups is 2. The van der Waals surface area contributed by atoms with Gasteiger partial charge in [-0.05, 0) is 41.4 Å². The SMILES string of the molecule is COCCNC(=O)CN1C(=O)CS[C@H](c2ccsc2)c2c(C(C)(C)C)nn(-c3ccc(C)cc3)c21. The molecule has 35 heavy (non-hydrogen) atoms. The molecule has 1 aliphatic heterocycles. The van der Waals surface area contributed by atoms with E-state index in [2.05, 4.69) is 42.9 Å². The predicted octanol–water partition coefficient (Wildman–Crippen LogP) is 4.47. The van der Waals surface area contributed by atoms with Crippen molar-refractivity contribution < 1.29 is 14.3 Å². The van der Waals surface area contributed by atoms with Crippen molar-refractivity contribution in [3.05, 3.63) is 63.5 Å². The minimum Gasteiger partial charge on any atom is -0.383 e. The van der Waals surface area contributed by atoms with Crippen LogP contribution in [-0.4, -0.2) is 54.2 Å². The molecule has 0 saturated carbocycles. The average molecular weight is 513 g/mol. The van der Waals surface area contributed by atoms with Gasteiger partial charge >= 0.3 is 0 Å². The minimum absolute atomic E-state index is 0.0600. The molecule has 0 spiro atoms. The number of benzene rings is 1. The van der Waals surface area contributed by atoms with E-state index in [1.807, 2.05) is 35.9 Å². The van der Waals surface area contributed by atoms with Gasteiger partial charge in [-0.1, -0.05) is 38.5 Å². The average Bonchev–Trinajstić information content (AvgIpc) is 3.45. The van der Waals surface area contributed by atoms with Gasteiger partial charge < -0.3 is 10.1 Å². The van der Waals surface area contributed by atoms with Crippen LogP contribution in [0.25, 0.3) is 5.69 Å².